The van der Waals surface area contributed by atoms with Crippen LogP contribution in [0.3, 0.4) is 0 Å². The van der Waals surface area contributed by atoms with Gasteiger partial charge in [0.25, 0.3) is 0 Å². The molecule has 0 spiro atoms. The van der Waals surface area contributed by atoms with Crippen molar-refractivity contribution >= 4 is 5.71 Å². The number of nitrogens with zero attached hydrogens (tertiary/aromatic N) is 2. The van der Waals surface area contributed by atoms with E-state index in [9.17, 15) is 4.39 Å². The van der Waals surface area contributed by atoms with E-state index in [1.807, 2.05) is 53.5 Å². The third-order valence-electron chi connectivity index (χ3n) is 5.26. The second-order valence-electron chi connectivity index (χ2n) is 6.94. The van der Waals surface area contributed by atoms with E-state index in [0.29, 0.717) is 0 Å². The highest BCUT2D eigenvalue weighted by atomic mass is 19.1. The SMILES string of the molecule is COc1ccc(C2=NN3[C@H](C2)c2ccccc2O[C@@H]3c2cccc(F)c2)cc1. The number of para-hydroxylation sites is 1. The van der Waals surface area contributed by atoms with Crippen molar-refractivity contribution in [2.75, 3.05) is 7.11 Å². The Balaban J connectivity index is 1.57. The molecule has 3 aromatic carbocycles. The highest BCUT2D eigenvalue weighted by Crippen LogP contribution is 2.47. The predicted molar refractivity (Wildman–Crippen MR) is 105 cm³/mol. The van der Waals surface area contributed by atoms with Gasteiger partial charge >= 0.3 is 0 Å². The Hall–Kier alpha value is -3.34. The average molecular weight is 374 g/mol. The zero-order chi connectivity index (χ0) is 19.1. The molecule has 2 aliphatic rings. The quantitative estimate of drug-likeness (QED) is 0.641. The maximum absolute atomic E-state index is 13.9. The fourth-order valence-corrected chi connectivity index (χ4v) is 3.87. The van der Waals surface area contributed by atoms with Crippen LogP contribution in [-0.2, 0) is 0 Å². The van der Waals surface area contributed by atoms with Gasteiger partial charge in [-0.3, -0.25) is 0 Å². The summed E-state index contributed by atoms with van der Waals surface area (Å²) in [6, 6.07) is 22.5. The molecule has 140 valence electrons. The van der Waals surface area contributed by atoms with Crippen molar-refractivity contribution in [2.45, 2.75) is 18.7 Å². The topological polar surface area (TPSA) is 34.1 Å². The molecule has 5 heteroatoms. The van der Waals surface area contributed by atoms with Crippen molar-refractivity contribution in [3.8, 4) is 11.5 Å². The molecule has 0 amide bonds. The van der Waals surface area contributed by atoms with E-state index in [-0.39, 0.29) is 11.9 Å². The zero-order valence-corrected chi connectivity index (χ0v) is 15.4. The van der Waals surface area contributed by atoms with Crippen LogP contribution in [0.15, 0.2) is 77.9 Å². The number of hydrogen-bond acceptors (Lipinski definition) is 4. The molecule has 2 atom stereocenters. The summed E-state index contributed by atoms with van der Waals surface area (Å²) < 4.78 is 25.3. The fraction of sp³-hybridized carbons (Fsp3) is 0.174. The number of hydrogen-bond donors (Lipinski definition) is 0. The van der Waals surface area contributed by atoms with Gasteiger partial charge < -0.3 is 9.47 Å². The molecule has 0 fully saturated rings. The van der Waals surface area contributed by atoms with Gasteiger partial charge in [-0.15, -0.1) is 0 Å². The minimum Gasteiger partial charge on any atom is -0.497 e. The van der Waals surface area contributed by atoms with Gasteiger partial charge in [0.2, 0.25) is 6.23 Å². The molecule has 3 aromatic rings. The Morgan fingerprint density at radius 3 is 2.64 bits per heavy atom. The molecule has 28 heavy (non-hydrogen) atoms. The molecule has 0 bridgehead atoms. The minimum absolute atomic E-state index is 0.0512. The average Bonchev–Trinajstić information content (AvgIpc) is 3.19. The second-order valence-corrected chi connectivity index (χ2v) is 6.94. The summed E-state index contributed by atoms with van der Waals surface area (Å²) in [7, 11) is 1.65. The van der Waals surface area contributed by atoms with E-state index in [0.717, 1.165) is 40.3 Å². The predicted octanol–water partition coefficient (Wildman–Crippen LogP) is 5.08. The summed E-state index contributed by atoms with van der Waals surface area (Å²) in [5, 5.41) is 6.84. The van der Waals surface area contributed by atoms with Crippen LogP contribution in [0, 0.1) is 5.82 Å². The molecule has 0 radical (unpaired) electrons. The van der Waals surface area contributed by atoms with Crippen LogP contribution in [0.1, 0.15) is 35.4 Å². The lowest BCUT2D eigenvalue weighted by molar-refractivity contribution is -0.0192. The highest BCUT2D eigenvalue weighted by molar-refractivity contribution is 6.02. The molecule has 0 aromatic heterocycles. The number of benzene rings is 3. The lowest BCUT2D eigenvalue weighted by Crippen LogP contribution is -2.33. The molecule has 2 heterocycles. The first-order valence-corrected chi connectivity index (χ1v) is 9.24. The maximum atomic E-state index is 13.9. The van der Waals surface area contributed by atoms with Gasteiger partial charge in [-0.25, -0.2) is 9.40 Å². The Morgan fingerprint density at radius 1 is 1.04 bits per heavy atom. The summed E-state index contributed by atoms with van der Waals surface area (Å²) in [5.74, 6) is 1.35. The van der Waals surface area contributed by atoms with Gasteiger partial charge in [-0.2, -0.15) is 5.10 Å². The molecule has 2 aliphatic heterocycles. The second kappa shape index (κ2) is 6.68. The Labute approximate surface area is 162 Å². The van der Waals surface area contributed by atoms with Crippen LogP contribution in [0.5, 0.6) is 11.5 Å². The van der Waals surface area contributed by atoms with Crippen molar-refractivity contribution < 1.29 is 13.9 Å². The normalized spacial score (nSPS) is 20.1. The Morgan fingerprint density at radius 2 is 1.86 bits per heavy atom. The van der Waals surface area contributed by atoms with Crippen molar-refractivity contribution in [1.29, 1.82) is 0 Å². The first-order valence-electron chi connectivity index (χ1n) is 9.24. The van der Waals surface area contributed by atoms with Gasteiger partial charge in [0.05, 0.1) is 18.9 Å². The van der Waals surface area contributed by atoms with E-state index in [2.05, 4.69) is 6.07 Å². The smallest absolute Gasteiger partial charge is 0.213 e. The van der Waals surface area contributed by atoms with Crippen molar-refractivity contribution in [1.82, 2.24) is 5.01 Å². The summed E-state index contributed by atoms with van der Waals surface area (Å²) in [5.41, 5.74) is 3.88. The van der Waals surface area contributed by atoms with Crippen LogP contribution in [0.4, 0.5) is 4.39 Å². The summed E-state index contributed by atoms with van der Waals surface area (Å²) >= 11 is 0. The molecule has 0 unspecified atom stereocenters. The Bertz CT molecular complexity index is 1050. The lowest BCUT2D eigenvalue weighted by atomic mass is 9.96. The number of halogens is 1. The van der Waals surface area contributed by atoms with Crippen molar-refractivity contribution in [3.63, 3.8) is 0 Å². The largest absolute Gasteiger partial charge is 0.497 e. The van der Waals surface area contributed by atoms with Gasteiger partial charge in [0.15, 0.2) is 0 Å². The molecule has 0 saturated carbocycles. The van der Waals surface area contributed by atoms with Crippen LogP contribution in [0.2, 0.25) is 0 Å². The van der Waals surface area contributed by atoms with E-state index in [1.165, 1.54) is 12.1 Å². The molecular formula is C23H19FN2O2. The van der Waals surface area contributed by atoms with Gasteiger partial charge in [0.1, 0.15) is 17.3 Å². The number of ether oxygens (including phenoxy) is 2. The zero-order valence-electron chi connectivity index (χ0n) is 15.4. The summed E-state index contributed by atoms with van der Waals surface area (Å²) in [4.78, 5) is 0. The van der Waals surface area contributed by atoms with Crippen molar-refractivity contribution in [2.24, 2.45) is 5.10 Å². The van der Waals surface area contributed by atoms with Gasteiger partial charge in [-0.05, 0) is 48.0 Å². The van der Waals surface area contributed by atoms with Crippen LogP contribution >= 0.6 is 0 Å². The third kappa shape index (κ3) is 2.80. The lowest BCUT2D eigenvalue weighted by Gasteiger charge is -2.38. The number of methoxy groups -OCH3 is 1. The number of rotatable bonds is 3. The monoisotopic (exact) mass is 374 g/mol. The number of hydrazone groups is 1. The maximum Gasteiger partial charge on any atom is 0.213 e. The molecular weight excluding hydrogens is 355 g/mol. The molecule has 0 aliphatic carbocycles. The van der Waals surface area contributed by atoms with Gasteiger partial charge in [0, 0.05) is 17.5 Å². The van der Waals surface area contributed by atoms with Crippen LogP contribution in [-0.4, -0.2) is 17.8 Å². The van der Waals surface area contributed by atoms with Crippen molar-refractivity contribution in [3.05, 3.63) is 95.3 Å². The molecule has 0 saturated heterocycles. The van der Waals surface area contributed by atoms with E-state index in [4.69, 9.17) is 14.6 Å². The standard InChI is InChI=1S/C23H19FN2O2/c1-27-18-11-9-15(10-12-18)20-14-21-19-7-2-3-8-22(19)28-23(26(21)25-20)16-5-4-6-17(24)13-16/h2-13,21,23H,14H2,1H3/t21-,23-/m1/s1. The molecule has 5 rings (SSSR count). The van der Waals surface area contributed by atoms with E-state index < -0.39 is 6.23 Å². The van der Waals surface area contributed by atoms with Gasteiger partial charge in [-0.1, -0.05) is 30.3 Å². The summed E-state index contributed by atoms with van der Waals surface area (Å²) in [6.07, 6.45) is 0.296. The summed E-state index contributed by atoms with van der Waals surface area (Å²) in [6.45, 7) is 0. The molecule has 4 nitrogen and oxygen atoms in total. The first kappa shape index (κ1) is 16.8. The number of fused-ring (bicyclic) bond motifs is 3. The Kier molecular flexibility index (Phi) is 4.01. The first-order chi connectivity index (χ1) is 13.7. The third-order valence-corrected chi connectivity index (χ3v) is 5.26. The van der Waals surface area contributed by atoms with Crippen LogP contribution < -0.4 is 9.47 Å². The fourth-order valence-electron chi connectivity index (χ4n) is 3.87. The van der Waals surface area contributed by atoms with Crippen LogP contribution in [0.25, 0.3) is 0 Å². The highest BCUT2D eigenvalue weighted by Gasteiger charge is 2.40. The van der Waals surface area contributed by atoms with E-state index >= 15 is 0 Å². The van der Waals surface area contributed by atoms with E-state index in [1.54, 1.807) is 13.2 Å². The molecule has 0 N–H and O–H groups in total. The minimum atomic E-state index is -0.466.